The van der Waals surface area contributed by atoms with Crippen molar-refractivity contribution >= 4 is 23.2 Å². The minimum atomic E-state index is -0.510. The summed E-state index contributed by atoms with van der Waals surface area (Å²) in [6.45, 7) is 5.97. The number of anilines is 2. The smallest absolute Gasteiger partial charge is 0.256 e. The van der Waals surface area contributed by atoms with Crippen molar-refractivity contribution in [3.63, 3.8) is 0 Å². The molecule has 4 nitrogen and oxygen atoms in total. The van der Waals surface area contributed by atoms with Gasteiger partial charge in [-0.15, -0.1) is 0 Å². The maximum atomic E-state index is 12.7. The monoisotopic (exact) mass is 308 g/mol. The topological polar surface area (TPSA) is 49.4 Å². The van der Waals surface area contributed by atoms with Crippen molar-refractivity contribution in [1.29, 1.82) is 0 Å². The Balaban J connectivity index is 1.84. The molecule has 118 valence electrons. The maximum Gasteiger partial charge on any atom is 0.256 e. The first-order chi connectivity index (χ1) is 11.0. The Hall–Kier alpha value is -2.62. The van der Waals surface area contributed by atoms with E-state index in [4.69, 9.17) is 0 Å². The third kappa shape index (κ3) is 2.97. The fourth-order valence-electron chi connectivity index (χ4n) is 2.95. The van der Waals surface area contributed by atoms with Gasteiger partial charge in [0.15, 0.2) is 0 Å². The van der Waals surface area contributed by atoms with Crippen LogP contribution in [0.5, 0.6) is 0 Å². The van der Waals surface area contributed by atoms with Crippen molar-refractivity contribution in [2.45, 2.75) is 33.2 Å². The number of imide groups is 1. The predicted molar refractivity (Wildman–Crippen MR) is 91.6 cm³/mol. The van der Waals surface area contributed by atoms with Gasteiger partial charge in [-0.2, -0.15) is 0 Å². The molecule has 2 amide bonds. The normalized spacial score (nSPS) is 17.7. The van der Waals surface area contributed by atoms with E-state index in [0.717, 1.165) is 16.8 Å². The maximum absolute atomic E-state index is 12.7. The van der Waals surface area contributed by atoms with Crippen LogP contribution in [-0.2, 0) is 9.59 Å². The molecule has 0 aliphatic carbocycles. The summed E-state index contributed by atoms with van der Waals surface area (Å²) in [5.41, 5.74) is 4.80. The molecule has 1 fully saturated rings. The van der Waals surface area contributed by atoms with Crippen LogP contribution < -0.4 is 10.2 Å². The molecule has 3 rings (SSSR count). The number of hydrogen-bond acceptors (Lipinski definition) is 3. The number of nitrogens with one attached hydrogen (secondary N) is 1. The lowest BCUT2D eigenvalue weighted by Crippen LogP contribution is -2.34. The quantitative estimate of drug-likeness (QED) is 0.885. The molecule has 4 heteroatoms. The van der Waals surface area contributed by atoms with E-state index in [1.807, 2.05) is 51.1 Å². The Labute approximate surface area is 136 Å². The van der Waals surface area contributed by atoms with Gasteiger partial charge in [-0.3, -0.25) is 9.59 Å². The number of benzene rings is 2. The van der Waals surface area contributed by atoms with E-state index >= 15 is 0 Å². The molecule has 2 aromatic rings. The Morgan fingerprint density at radius 3 is 2.43 bits per heavy atom. The molecule has 0 unspecified atom stereocenters. The predicted octanol–water partition coefficient (Wildman–Crippen LogP) is 3.36. The first kappa shape index (κ1) is 15.3. The van der Waals surface area contributed by atoms with E-state index in [2.05, 4.69) is 11.4 Å². The lowest BCUT2D eigenvalue weighted by Gasteiger charge is -2.17. The molecule has 23 heavy (non-hydrogen) atoms. The van der Waals surface area contributed by atoms with Crippen LogP contribution in [0, 0.1) is 20.8 Å². The van der Waals surface area contributed by atoms with Gasteiger partial charge in [-0.05, 0) is 50.1 Å². The minimum absolute atomic E-state index is 0.164. The highest BCUT2D eigenvalue weighted by Gasteiger charge is 2.39. The van der Waals surface area contributed by atoms with Gasteiger partial charge < -0.3 is 5.32 Å². The van der Waals surface area contributed by atoms with E-state index < -0.39 is 6.04 Å². The summed E-state index contributed by atoms with van der Waals surface area (Å²) in [4.78, 5) is 26.2. The molecule has 1 aliphatic heterocycles. The third-order valence-electron chi connectivity index (χ3n) is 4.12. The molecule has 0 radical (unpaired) electrons. The summed E-state index contributed by atoms with van der Waals surface area (Å²) in [7, 11) is 0. The van der Waals surface area contributed by atoms with Crippen LogP contribution in [0.3, 0.4) is 0 Å². The molecule has 1 heterocycles. The van der Waals surface area contributed by atoms with E-state index in [-0.39, 0.29) is 18.2 Å². The van der Waals surface area contributed by atoms with Gasteiger partial charge in [0.1, 0.15) is 6.04 Å². The van der Waals surface area contributed by atoms with Gasteiger partial charge in [0.05, 0.1) is 12.1 Å². The summed E-state index contributed by atoms with van der Waals surface area (Å²) < 4.78 is 0. The highest BCUT2D eigenvalue weighted by atomic mass is 16.2. The van der Waals surface area contributed by atoms with Crippen molar-refractivity contribution in [1.82, 2.24) is 0 Å². The second-order valence-electron chi connectivity index (χ2n) is 6.13. The number of nitrogens with zero attached hydrogens (tertiary/aromatic N) is 1. The average Bonchev–Trinajstić information content (AvgIpc) is 2.76. The number of carbonyl (C=O) groups is 2. The van der Waals surface area contributed by atoms with Gasteiger partial charge in [0.2, 0.25) is 5.91 Å². The van der Waals surface area contributed by atoms with Crippen LogP contribution in [0.15, 0.2) is 42.5 Å². The van der Waals surface area contributed by atoms with Crippen LogP contribution >= 0.6 is 0 Å². The lowest BCUT2D eigenvalue weighted by molar-refractivity contribution is -0.121. The summed E-state index contributed by atoms with van der Waals surface area (Å²) >= 11 is 0. The van der Waals surface area contributed by atoms with Crippen LogP contribution in [-0.4, -0.2) is 17.9 Å². The second kappa shape index (κ2) is 5.88. The fraction of sp³-hybridized carbons (Fsp3) is 0.263. The molecule has 0 spiro atoms. The standard InChI is InChI=1S/C19H20N2O2/c1-12-5-4-6-15(10-12)21-18(22)11-17(19(21)23)20-16-8-7-13(2)9-14(16)3/h4-10,17,20H,11H2,1-3H3/t17-/m1/s1. The molecule has 0 aromatic heterocycles. The summed E-state index contributed by atoms with van der Waals surface area (Å²) in [5.74, 6) is -0.358. The molecule has 2 aromatic carbocycles. The van der Waals surface area contributed by atoms with E-state index in [9.17, 15) is 9.59 Å². The minimum Gasteiger partial charge on any atom is -0.373 e. The van der Waals surface area contributed by atoms with Crippen molar-refractivity contribution in [2.75, 3.05) is 10.2 Å². The molecular weight excluding hydrogens is 288 g/mol. The zero-order valence-electron chi connectivity index (χ0n) is 13.6. The van der Waals surface area contributed by atoms with E-state index in [0.29, 0.717) is 5.69 Å². The van der Waals surface area contributed by atoms with Gasteiger partial charge in [-0.25, -0.2) is 4.90 Å². The van der Waals surface area contributed by atoms with Gasteiger partial charge in [0, 0.05) is 5.69 Å². The zero-order chi connectivity index (χ0) is 16.6. The summed E-state index contributed by atoms with van der Waals surface area (Å²) in [6, 6.07) is 13.0. The van der Waals surface area contributed by atoms with Crippen LogP contribution in [0.25, 0.3) is 0 Å². The molecule has 1 aliphatic rings. The van der Waals surface area contributed by atoms with Crippen molar-refractivity contribution < 1.29 is 9.59 Å². The van der Waals surface area contributed by atoms with Crippen molar-refractivity contribution in [3.05, 3.63) is 59.2 Å². The number of carbonyl (C=O) groups excluding carboxylic acids is 2. The molecule has 0 bridgehead atoms. The van der Waals surface area contributed by atoms with Crippen LogP contribution in [0.2, 0.25) is 0 Å². The van der Waals surface area contributed by atoms with Crippen molar-refractivity contribution in [2.24, 2.45) is 0 Å². The first-order valence-electron chi connectivity index (χ1n) is 7.73. The second-order valence-corrected chi connectivity index (χ2v) is 6.13. The summed E-state index contributed by atoms with van der Waals surface area (Å²) in [6.07, 6.45) is 0.181. The number of hydrogen-bond donors (Lipinski definition) is 1. The Morgan fingerprint density at radius 1 is 1.00 bits per heavy atom. The molecule has 1 N–H and O–H groups in total. The highest BCUT2D eigenvalue weighted by Crippen LogP contribution is 2.26. The molecular formula is C19H20N2O2. The zero-order valence-corrected chi connectivity index (χ0v) is 13.6. The third-order valence-corrected chi connectivity index (χ3v) is 4.12. The van der Waals surface area contributed by atoms with E-state index in [1.165, 1.54) is 10.5 Å². The lowest BCUT2D eigenvalue weighted by atomic mass is 10.1. The molecule has 0 saturated carbocycles. The van der Waals surface area contributed by atoms with Crippen molar-refractivity contribution in [3.8, 4) is 0 Å². The number of rotatable bonds is 3. The Kier molecular flexibility index (Phi) is 3.90. The first-order valence-corrected chi connectivity index (χ1v) is 7.73. The van der Waals surface area contributed by atoms with E-state index in [1.54, 1.807) is 6.07 Å². The summed E-state index contributed by atoms with van der Waals surface area (Å²) in [5, 5.41) is 3.22. The molecule has 1 atom stereocenters. The van der Waals surface area contributed by atoms with Crippen LogP contribution in [0.1, 0.15) is 23.1 Å². The number of amides is 2. The largest absolute Gasteiger partial charge is 0.373 e. The highest BCUT2D eigenvalue weighted by molar-refractivity contribution is 6.23. The SMILES string of the molecule is Cc1cccc(N2C(=O)C[C@@H](Nc3ccc(C)cc3C)C2=O)c1. The average molecular weight is 308 g/mol. The van der Waals surface area contributed by atoms with Gasteiger partial charge >= 0.3 is 0 Å². The molecule has 1 saturated heterocycles. The fourth-order valence-corrected chi connectivity index (χ4v) is 2.95. The Morgan fingerprint density at radius 2 is 1.74 bits per heavy atom. The van der Waals surface area contributed by atoms with Gasteiger partial charge in [-0.1, -0.05) is 29.8 Å². The van der Waals surface area contributed by atoms with Crippen LogP contribution in [0.4, 0.5) is 11.4 Å². The Bertz CT molecular complexity index is 783. The van der Waals surface area contributed by atoms with Gasteiger partial charge in [0.25, 0.3) is 5.91 Å². The number of aryl methyl sites for hydroxylation is 3.